The molecule has 0 aliphatic heterocycles. The lowest BCUT2D eigenvalue weighted by molar-refractivity contribution is 1.17. The maximum absolute atomic E-state index is 2.45. The monoisotopic (exact) mass is 625 g/mol. The van der Waals surface area contributed by atoms with E-state index >= 15 is 0 Å². The molecule has 0 N–H and O–H groups in total. The predicted molar refractivity (Wildman–Crippen MR) is 207 cm³/mol. The molecule has 10 aromatic rings. The first-order valence-electron chi connectivity index (χ1n) is 16.8. The van der Waals surface area contributed by atoms with E-state index in [1.807, 2.05) is 0 Å². The van der Waals surface area contributed by atoms with Gasteiger partial charge in [-0.3, -0.25) is 0 Å². The minimum Gasteiger partial charge on any atom is -0.311 e. The molecule has 0 saturated heterocycles. The summed E-state index contributed by atoms with van der Waals surface area (Å²) in [5.41, 5.74) is 10.5. The van der Waals surface area contributed by atoms with Gasteiger partial charge in [0.25, 0.3) is 0 Å². The molecule has 49 heavy (non-hydrogen) atoms. The van der Waals surface area contributed by atoms with E-state index in [2.05, 4.69) is 202 Å². The van der Waals surface area contributed by atoms with E-state index < -0.39 is 0 Å². The molecule has 0 unspecified atom stereocenters. The van der Waals surface area contributed by atoms with Crippen LogP contribution in [0.4, 0.5) is 17.1 Å². The Hall–Kier alpha value is -6.58. The summed E-state index contributed by atoms with van der Waals surface area (Å²) in [6.45, 7) is 0. The average molecular weight is 626 g/mol. The highest BCUT2D eigenvalue weighted by Crippen LogP contribution is 2.41. The number of hydrogen-bond acceptors (Lipinski definition) is 1. The van der Waals surface area contributed by atoms with Gasteiger partial charge in [0.15, 0.2) is 0 Å². The summed E-state index contributed by atoms with van der Waals surface area (Å²) < 4.78 is 4.86. The lowest BCUT2D eigenvalue weighted by atomic mass is 10.0. The van der Waals surface area contributed by atoms with Crippen molar-refractivity contribution in [3.8, 4) is 11.4 Å². The van der Waals surface area contributed by atoms with Crippen molar-refractivity contribution in [2.24, 2.45) is 0 Å². The van der Waals surface area contributed by atoms with Gasteiger partial charge >= 0.3 is 0 Å². The number of anilines is 3. The SMILES string of the molecule is c1ccc(N(c2ccccc2)c2ccc(-n3c4ccccc4c4ccc5cc6c7ccccc7n(-c7ccccc7)c6cc5c43)cc2)cc1. The molecule has 0 aliphatic carbocycles. The van der Waals surface area contributed by atoms with Crippen molar-refractivity contribution < 1.29 is 0 Å². The molecule has 0 atom stereocenters. The first-order chi connectivity index (χ1) is 24.3. The maximum Gasteiger partial charge on any atom is 0.0620 e. The molecule has 0 amide bonds. The zero-order valence-corrected chi connectivity index (χ0v) is 26.7. The number of benzene rings is 8. The number of fused-ring (bicyclic) bond motifs is 8. The fourth-order valence-corrected chi connectivity index (χ4v) is 7.72. The molecule has 3 nitrogen and oxygen atoms in total. The fraction of sp³-hybridized carbons (Fsp3) is 0. The Labute approximate surface area is 284 Å². The van der Waals surface area contributed by atoms with E-state index in [1.54, 1.807) is 0 Å². The van der Waals surface area contributed by atoms with E-state index in [9.17, 15) is 0 Å². The highest BCUT2D eigenvalue weighted by atomic mass is 15.1. The van der Waals surface area contributed by atoms with Crippen LogP contribution in [-0.2, 0) is 0 Å². The first-order valence-corrected chi connectivity index (χ1v) is 16.8. The highest BCUT2D eigenvalue weighted by molar-refractivity contribution is 6.22. The molecular weight excluding hydrogens is 595 g/mol. The molecule has 0 spiro atoms. The largest absolute Gasteiger partial charge is 0.311 e. The van der Waals surface area contributed by atoms with Gasteiger partial charge in [-0.05, 0) is 90.3 Å². The normalized spacial score (nSPS) is 11.7. The van der Waals surface area contributed by atoms with E-state index in [0.717, 1.165) is 28.4 Å². The Morgan fingerprint density at radius 2 is 0.816 bits per heavy atom. The lowest BCUT2D eigenvalue weighted by Crippen LogP contribution is -2.09. The van der Waals surface area contributed by atoms with Crippen LogP contribution in [0.2, 0.25) is 0 Å². The summed E-state index contributed by atoms with van der Waals surface area (Å²) in [4.78, 5) is 2.31. The molecule has 230 valence electrons. The van der Waals surface area contributed by atoms with Crippen molar-refractivity contribution >= 4 is 71.4 Å². The summed E-state index contributed by atoms with van der Waals surface area (Å²) in [5, 5.41) is 7.50. The van der Waals surface area contributed by atoms with Crippen molar-refractivity contribution in [3.63, 3.8) is 0 Å². The zero-order chi connectivity index (χ0) is 32.3. The highest BCUT2D eigenvalue weighted by Gasteiger charge is 2.19. The standard InChI is InChI=1S/C46H31N3/c1-4-14-33(15-5-1)47(34-16-6-2-7-17-34)36-25-27-37(28-26-36)49-44-23-13-10-20-38(44)40-29-24-32-30-42-39-21-11-12-22-43(39)48(35-18-8-3-9-19-35)45(42)31-41(32)46(40)49/h1-31H. The summed E-state index contributed by atoms with van der Waals surface area (Å²) in [7, 11) is 0. The molecular formula is C46H31N3. The van der Waals surface area contributed by atoms with Gasteiger partial charge < -0.3 is 14.0 Å². The third kappa shape index (κ3) is 4.29. The predicted octanol–water partition coefficient (Wildman–Crippen LogP) is 12.5. The van der Waals surface area contributed by atoms with Crippen LogP contribution in [-0.4, -0.2) is 9.13 Å². The van der Waals surface area contributed by atoms with Crippen LogP contribution < -0.4 is 4.90 Å². The van der Waals surface area contributed by atoms with Crippen LogP contribution in [0, 0.1) is 0 Å². The Morgan fingerprint density at radius 3 is 1.47 bits per heavy atom. The third-order valence-electron chi connectivity index (χ3n) is 9.85. The first kappa shape index (κ1) is 27.5. The quantitative estimate of drug-likeness (QED) is 0.185. The van der Waals surface area contributed by atoms with Gasteiger partial charge in [-0.25, -0.2) is 0 Å². The second-order valence-corrected chi connectivity index (χ2v) is 12.6. The molecule has 0 bridgehead atoms. The van der Waals surface area contributed by atoms with Crippen LogP contribution >= 0.6 is 0 Å². The summed E-state index contributed by atoms with van der Waals surface area (Å²) in [6.07, 6.45) is 0. The minimum absolute atomic E-state index is 1.11. The molecule has 2 aromatic heterocycles. The second-order valence-electron chi connectivity index (χ2n) is 12.6. The molecule has 2 heterocycles. The minimum atomic E-state index is 1.11. The Morgan fingerprint density at radius 1 is 0.306 bits per heavy atom. The molecule has 8 aromatic carbocycles. The number of para-hydroxylation sites is 5. The van der Waals surface area contributed by atoms with Gasteiger partial charge in [0.1, 0.15) is 0 Å². The van der Waals surface area contributed by atoms with Crippen molar-refractivity contribution in [1.82, 2.24) is 9.13 Å². The average Bonchev–Trinajstić information content (AvgIpc) is 3.68. The smallest absolute Gasteiger partial charge is 0.0620 e. The van der Waals surface area contributed by atoms with Crippen molar-refractivity contribution in [1.29, 1.82) is 0 Å². The number of rotatable bonds is 5. The van der Waals surface area contributed by atoms with Gasteiger partial charge in [-0.15, -0.1) is 0 Å². The van der Waals surface area contributed by atoms with Crippen molar-refractivity contribution in [2.45, 2.75) is 0 Å². The summed E-state index contributed by atoms with van der Waals surface area (Å²) in [5.74, 6) is 0. The Bertz CT molecular complexity index is 2750. The molecule has 0 fully saturated rings. The van der Waals surface area contributed by atoms with Crippen molar-refractivity contribution in [3.05, 3.63) is 188 Å². The molecule has 3 heteroatoms. The number of aromatic nitrogens is 2. The zero-order valence-electron chi connectivity index (χ0n) is 26.7. The molecule has 10 rings (SSSR count). The van der Waals surface area contributed by atoms with Crippen LogP contribution in [0.3, 0.4) is 0 Å². The second kappa shape index (κ2) is 11.0. The van der Waals surface area contributed by atoms with E-state index in [-0.39, 0.29) is 0 Å². The van der Waals surface area contributed by atoms with Crippen molar-refractivity contribution in [2.75, 3.05) is 4.90 Å². The van der Waals surface area contributed by atoms with Crippen LogP contribution in [0.5, 0.6) is 0 Å². The van der Waals surface area contributed by atoms with Gasteiger partial charge in [0.05, 0.1) is 22.1 Å². The van der Waals surface area contributed by atoms with E-state index in [0.29, 0.717) is 0 Å². The van der Waals surface area contributed by atoms with E-state index in [4.69, 9.17) is 0 Å². The van der Waals surface area contributed by atoms with E-state index in [1.165, 1.54) is 54.4 Å². The Balaban J connectivity index is 1.23. The van der Waals surface area contributed by atoms with Gasteiger partial charge in [0.2, 0.25) is 0 Å². The summed E-state index contributed by atoms with van der Waals surface area (Å²) in [6, 6.07) is 67.8. The van der Waals surface area contributed by atoms with Gasteiger partial charge in [-0.2, -0.15) is 0 Å². The number of hydrogen-bond donors (Lipinski definition) is 0. The molecule has 0 radical (unpaired) electrons. The van der Waals surface area contributed by atoms with Gasteiger partial charge in [-0.1, -0.05) is 103 Å². The fourth-order valence-electron chi connectivity index (χ4n) is 7.72. The molecule has 0 aliphatic rings. The van der Waals surface area contributed by atoms with Crippen LogP contribution in [0.1, 0.15) is 0 Å². The third-order valence-corrected chi connectivity index (χ3v) is 9.85. The topological polar surface area (TPSA) is 13.1 Å². The molecule has 0 saturated carbocycles. The Kier molecular flexibility index (Phi) is 6.18. The van der Waals surface area contributed by atoms with Crippen LogP contribution in [0.25, 0.3) is 65.8 Å². The van der Waals surface area contributed by atoms with Gasteiger partial charge in [0, 0.05) is 55.4 Å². The number of nitrogens with zero attached hydrogens (tertiary/aromatic N) is 3. The lowest BCUT2D eigenvalue weighted by Gasteiger charge is -2.25. The van der Waals surface area contributed by atoms with Crippen LogP contribution in [0.15, 0.2) is 188 Å². The summed E-state index contributed by atoms with van der Waals surface area (Å²) >= 11 is 0. The maximum atomic E-state index is 2.45.